The van der Waals surface area contributed by atoms with E-state index in [0.717, 1.165) is 24.3 Å². The van der Waals surface area contributed by atoms with Gasteiger partial charge in [-0.25, -0.2) is 13.2 Å². The molecule has 0 bridgehead atoms. The average molecular weight is 397 g/mol. The number of fused-ring (bicyclic) bond motifs is 1. The molecule has 0 aromatic carbocycles. The topological polar surface area (TPSA) is 134 Å². The molecule has 0 saturated carbocycles. The Morgan fingerprint density at radius 2 is 2.19 bits per heavy atom. The maximum Gasteiger partial charge on any atom is 0.328 e. The second kappa shape index (κ2) is 5.99. The predicted molar refractivity (Wildman–Crippen MR) is 93.3 cm³/mol. The van der Waals surface area contributed by atoms with Gasteiger partial charge in [-0.15, -0.1) is 5.10 Å². The van der Waals surface area contributed by atoms with Crippen LogP contribution in [0.3, 0.4) is 0 Å². The zero-order valence-corrected chi connectivity index (χ0v) is 16.0. The van der Waals surface area contributed by atoms with E-state index in [2.05, 4.69) is 15.6 Å². The molecule has 0 aliphatic carbocycles. The van der Waals surface area contributed by atoms with E-state index in [-0.39, 0.29) is 6.42 Å². The molecule has 4 atom stereocenters. The molecule has 4 rings (SSSR count). The highest BCUT2D eigenvalue weighted by Crippen LogP contribution is 2.49. The van der Waals surface area contributed by atoms with Gasteiger partial charge in [0.05, 0.1) is 22.9 Å². The molecule has 0 radical (unpaired) electrons. The van der Waals surface area contributed by atoms with Crippen LogP contribution in [0.2, 0.25) is 0 Å². The Balaban J connectivity index is 1.52. The van der Waals surface area contributed by atoms with Crippen molar-refractivity contribution >= 4 is 21.7 Å². The Labute approximate surface area is 156 Å². The fraction of sp³-hybridized carbons (Fsp3) is 0.750. The van der Waals surface area contributed by atoms with Crippen molar-refractivity contribution in [1.29, 1.82) is 0 Å². The van der Waals surface area contributed by atoms with Crippen LogP contribution in [0.4, 0.5) is 0 Å². The van der Waals surface area contributed by atoms with Crippen molar-refractivity contribution in [2.45, 2.75) is 61.9 Å². The van der Waals surface area contributed by atoms with Gasteiger partial charge in [0.15, 0.2) is 9.84 Å². The van der Waals surface area contributed by atoms with Gasteiger partial charge in [-0.2, -0.15) is 0 Å². The third kappa shape index (κ3) is 2.59. The lowest BCUT2D eigenvalue weighted by Gasteiger charge is -2.42. The molecule has 4 heterocycles. The molecule has 1 amide bonds. The highest BCUT2D eigenvalue weighted by molar-refractivity contribution is 7.93. The van der Waals surface area contributed by atoms with Crippen molar-refractivity contribution in [3.05, 3.63) is 11.9 Å². The Bertz CT molecular complexity index is 889. The molecule has 1 unspecified atom stereocenters. The van der Waals surface area contributed by atoms with E-state index in [9.17, 15) is 23.1 Å². The van der Waals surface area contributed by atoms with Gasteiger partial charge < -0.3 is 15.3 Å². The third-order valence-electron chi connectivity index (χ3n) is 6.00. The minimum Gasteiger partial charge on any atom is -0.480 e. The first-order valence-corrected chi connectivity index (χ1v) is 10.6. The van der Waals surface area contributed by atoms with Gasteiger partial charge in [-0.3, -0.25) is 9.48 Å². The molecule has 10 nitrogen and oxygen atoms in total. The largest absolute Gasteiger partial charge is 0.480 e. The minimum absolute atomic E-state index is 0.139. The van der Waals surface area contributed by atoms with E-state index in [1.54, 1.807) is 10.9 Å². The van der Waals surface area contributed by atoms with Crippen molar-refractivity contribution in [3.63, 3.8) is 0 Å². The summed E-state index contributed by atoms with van der Waals surface area (Å²) in [6.45, 7) is 4.40. The molecule has 1 aromatic rings. The first-order chi connectivity index (χ1) is 12.6. The first-order valence-electron chi connectivity index (χ1n) is 9.05. The molecule has 3 saturated heterocycles. The quantitative estimate of drug-likeness (QED) is 0.605. The van der Waals surface area contributed by atoms with Gasteiger partial charge in [-0.05, 0) is 33.2 Å². The molecular formula is C16H23N5O5S. The monoisotopic (exact) mass is 397 g/mol. The van der Waals surface area contributed by atoms with E-state index in [1.165, 1.54) is 13.8 Å². The number of rotatable bonds is 5. The van der Waals surface area contributed by atoms with Crippen LogP contribution in [0.5, 0.6) is 0 Å². The summed E-state index contributed by atoms with van der Waals surface area (Å²) in [5.74, 6) is -2.56. The van der Waals surface area contributed by atoms with E-state index < -0.39 is 43.8 Å². The zero-order chi connectivity index (χ0) is 19.6. The minimum atomic E-state index is -3.81. The van der Waals surface area contributed by atoms with Gasteiger partial charge in [0.2, 0.25) is 5.91 Å². The molecule has 11 heteroatoms. The van der Waals surface area contributed by atoms with Gasteiger partial charge in [-0.1, -0.05) is 5.21 Å². The molecular weight excluding hydrogens is 374 g/mol. The number of carboxylic acids is 1. The van der Waals surface area contributed by atoms with Crippen molar-refractivity contribution in [2.24, 2.45) is 5.92 Å². The fourth-order valence-corrected chi connectivity index (χ4v) is 6.80. The van der Waals surface area contributed by atoms with Crippen molar-refractivity contribution in [2.75, 3.05) is 6.54 Å². The number of nitrogens with one attached hydrogen (secondary N) is 1. The Morgan fingerprint density at radius 3 is 2.81 bits per heavy atom. The number of aromatic nitrogens is 3. The second-order valence-electron chi connectivity index (χ2n) is 8.06. The summed E-state index contributed by atoms with van der Waals surface area (Å²) in [5, 5.41) is 19.8. The smallest absolute Gasteiger partial charge is 0.328 e. The number of carboxylic acid groups (broad SMARTS) is 1. The number of amides is 1. The van der Waals surface area contributed by atoms with Crippen molar-refractivity contribution < 1.29 is 23.1 Å². The lowest BCUT2D eigenvalue weighted by molar-refractivity contribution is -0.163. The third-order valence-corrected chi connectivity index (χ3v) is 8.88. The molecule has 1 aromatic heterocycles. The van der Waals surface area contributed by atoms with Gasteiger partial charge in [0.25, 0.3) is 0 Å². The number of β-lactam (4-membered cyclic amide) rings is 1. The Kier molecular flexibility index (Phi) is 4.08. The summed E-state index contributed by atoms with van der Waals surface area (Å²) in [5.41, 5.74) is 0.540. The lowest BCUT2D eigenvalue weighted by Crippen LogP contribution is -2.64. The van der Waals surface area contributed by atoms with E-state index in [4.69, 9.17) is 0 Å². The summed E-state index contributed by atoms with van der Waals surface area (Å²) in [6, 6.07) is -1.02. The SMILES string of the molecule is CC1(C)[C@H](C(=O)O)N2C(=O)[C@@H](Cc3cn(CC4CCCN4)nn3)[C@H]2S1(=O)=O. The number of hydrogen-bond acceptors (Lipinski definition) is 7. The highest BCUT2D eigenvalue weighted by Gasteiger charge is 2.71. The fourth-order valence-electron chi connectivity index (χ4n) is 4.48. The van der Waals surface area contributed by atoms with E-state index >= 15 is 0 Å². The Hall–Kier alpha value is -2.01. The van der Waals surface area contributed by atoms with Crippen LogP contribution in [0.1, 0.15) is 32.4 Å². The molecule has 148 valence electrons. The Morgan fingerprint density at radius 1 is 1.44 bits per heavy atom. The molecule has 0 spiro atoms. The van der Waals surface area contributed by atoms with Crippen LogP contribution >= 0.6 is 0 Å². The number of carbonyl (C=O) groups is 2. The van der Waals surface area contributed by atoms with Crippen LogP contribution in [-0.2, 0) is 32.4 Å². The van der Waals surface area contributed by atoms with Crippen LogP contribution in [0.15, 0.2) is 6.20 Å². The number of carbonyl (C=O) groups excluding carboxylic acids is 1. The summed E-state index contributed by atoms with van der Waals surface area (Å²) >= 11 is 0. The number of nitrogens with zero attached hydrogens (tertiary/aromatic N) is 4. The van der Waals surface area contributed by atoms with Crippen molar-refractivity contribution in [3.8, 4) is 0 Å². The summed E-state index contributed by atoms with van der Waals surface area (Å²) < 4.78 is 25.9. The molecule has 2 N–H and O–H groups in total. The second-order valence-corrected chi connectivity index (χ2v) is 10.7. The number of aliphatic carboxylic acids is 1. The molecule has 3 aliphatic rings. The average Bonchev–Trinajstić information content (AvgIpc) is 3.26. The summed E-state index contributed by atoms with van der Waals surface area (Å²) in [4.78, 5) is 25.1. The van der Waals surface area contributed by atoms with Gasteiger partial charge in [0.1, 0.15) is 11.4 Å². The highest BCUT2D eigenvalue weighted by atomic mass is 32.2. The van der Waals surface area contributed by atoms with Gasteiger partial charge >= 0.3 is 5.97 Å². The molecule has 27 heavy (non-hydrogen) atoms. The van der Waals surface area contributed by atoms with E-state index in [1.807, 2.05) is 0 Å². The lowest BCUT2D eigenvalue weighted by atomic mass is 9.89. The van der Waals surface area contributed by atoms with Crippen LogP contribution in [-0.4, -0.2) is 74.0 Å². The zero-order valence-electron chi connectivity index (χ0n) is 15.2. The first kappa shape index (κ1) is 18.4. The van der Waals surface area contributed by atoms with Crippen LogP contribution in [0.25, 0.3) is 0 Å². The predicted octanol–water partition coefficient (Wildman–Crippen LogP) is -0.983. The summed E-state index contributed by atoms with van der Waals surface area (Å²) in [7, 11) is -3.81. The number of sulfone groups is 1. The van der Waals surface area contributed by atoms with Crippen LogP contribution < -0.4 is 5.32 Å². The molecule has 3 fully saturated rings. The standard InChI is InChI=1S/C16H23N5O5S/c1-16(2)12(15(23)24)21-13(22)11(14(21)27(16,25)26)6-10-8-20(19-18-10)7-9-4-3-5-17-9/h8-9,11-12,14,17H,3-7H2,1-2H3,(H,23,24)/t9?,11-,12+,14-/m1/s1. The maximum atomic E-state index is 12.9. The van der Waals surface area contributed by atoms with Gasteiger partial charge in [0, 0.05) is 18.7 Å². The molecule has 3 aliphatic heterocycles. The van der Waals surface area contributed by atoms with E-state index in [0.29, 0.717) is 18.3 Å². The van der Waals surface area contributed by atoms with Crippen molar-refractivity contribution in [1.82, 2.24) is 25.2 Å². The summed E-state index contributed by atoms with van der Waals surface area (Å²) in [6.07, 6.45) is 4.06. The van der Waals surface area contributed by atoms with Crippen LogP contribution in [0, 0.1) is 5.92 Å². The normalized spacial score (nSPS) is 33.7. The maximum absolute atomic E-state index is 12.9. The number of hydrogen-bond donors (Lipinski definition) is 2.